The summed E-state index contributed by atoms with van der Waals surface area (Å²) in [6.07, 6.45) is 1.03. The Morgan fingerprint density at radius 2 is 1.88 bits per heavy atom. The third-order valence-corrected chi connectivity index (χ3v) is 5.64. The third-order valence-electron chi connectivity index (χ3n) is 5.64. The van der Waals surface area contributed by atoms with Gasteiger partial charge in [-0.2, -0.15) is 0 Å². The Hall–Kier alpha value is -1.44. The molecule has 1 aromatic rings. The van der Waals surface area contributed by atoms with Gasteiger partial charge in [-0.15, -0.1) is 24.0 Å². The highest BCUT2D eigenvalue weighted by Crippen LogP contribution is 2.09. The SMILES string of the molecule is Cc1cc(CN2CCN(C(=NCC(=O)N(C)C)NCCCN3CCOCC3)CC2)no1.I. The second-order valence-electron chi connectivity index (χ2n) is 8.35. The van der Waals surface area contributed by atoms with E-state index in [1.54, 1.807) is 19.0 Å². The molecular formula is C21H38IN7O3. The Balaban J connectivity index is 0.00000363. The molecule has 1 amide bonds. The van der Waals surface area contributed by atoms with Crippen molar-refractivity contribution in [1.29, 1.82) is 0 Å². The Morgan fingerprint density at radius 1 is 1.16 bits per heavy atom. The van der Waals surface area contributed by atoms with Crippen LogP contribution in [0.15, 0.2) is 15.6 Å². The second-order valence-corrected chi connectivity index (χ2v) is 8.35. The number of nitrogens with zero attached hydrogens (tertiary/aromatic N) is 6. The number of aryl methyl sites for hydroxylation is 1. The summed E-state index contributed by atoms with van der Waals surface area (Å²) in [5, 5.41) is 7.59. The van der Waals surface area contributed by atoms with Gasteiger partial charge in [0.05, 0.1) is 18.9 Å². The highest BCUT2D eigenvalue weighted by atomic mass is 127. The van der Waals surface area contributed by atoms with Gasteiger partial charge in [0, 0.05) is 72.5 Å². The lowest BCUT2D eigenvalue weighted by atomic mass is 10.3. The van der Waals surface area contributed by atoms with Gasteiger partial charge in [-0.25, -0.2) is 4.99 Å². The number of piperazine rings is 1. The monoisotopic (exact) mass is 563 g/mol. The number of likely N-dealkylation sites (N-methyl/N-ethyl adjacent to an activating group) is 1. The van der Waals surface area contributed by atoms with Crippen LogP contribution in [0.3, 0.4) is 0 Å². The lowest BCUT2D eigenvalue weighted by molar-refractivity contribution is -0.127. The van der Waals surface area contributed by atoms with E-state index in [9.17, 15) is 4.79 Å². The molecule has 0 aromatic carbocycles. The topological polar surface area (TPSA) is 89.7 Å². The van der Waals surface area contributed by atoms with Gasteiger partial charge in [-0.3, -0.25) is 14.6 Å². The summed E-state index contributed by atoms with van der Waals surface area (Å²) in [7, 11) is 3.52. The minimum absolute atomic E-state index is 0. The number of carbonyl (C=O) groups is 1. The molecule has 11 heteroatoms. The van der Waals surface area contributed by atoms with Crippen LogP contribution in [-0.4, -0.2) is 123 Å². The number of hydrogen-bond donors (Lipinski definition) is 1. The average molecular weight is 563 g/mol. The zero-order valence-electron chi connectivity index (χ0n) is 19.6. The van der Waals surface area contributed by atoms with E-state index in [1.807, 2.05) is 13.0 Å². The predicted octanol–water partition coefficient (Wildman–Crippen LogP) is 0.475. The van der Waals surface area contributed by atoms with Crippen molar-refractivity contribution >= 4 is 35.8 Å². The first-order chi connectivity index (χ1) is 15.0. The number of halogens is 1. The first-order valence-electron chi connectivity index (χ1n) is 11.2. The maximum Gasteiger partial charge on any atom is 0.243 e. The number of nitrogens with one attached hydrogen (secondary N) is 1. The Morgan fingerprint density at radius 3 is 2.50 bits per heavy atom. The zero-order chi connectivity index (χ0) is 22.1. The molecule has 2 aliphatic heterocycles. The molecule has 1 N–H and O–H groups in total. The van der Waals surface area contributed by atoms with E-state index >= 15 is 0 Å². The molecule has 182 valence electrons. The van der Waals surface area contributed by atoms with Crippen molar-refractivity contribution in [3.05, 3.63) is 17.5 Å². The summed E-state index contributed by atoms with van der Waals surface area (Å²) in [5.41, 5.74) is 0.970. The maximum atomic E-state index is 12.1. The fourth-order valence-corrected chi connectivity index (χ4v) is 3.72. The average Bonchev–Trinajstić information content (AvgIpc) is 3.18. The van der Waals surface area contributed by atoms with Gasteiger partial charge in [0.25, 0.3) is 0 Å². The lowest BCUT2D eigenvalue weighted by Gasteiger charge is -2.36. The standard InChI is InChI=1S/C21H37N7O3.HI/c1-18-15-19(24-31-18)17-27-7-9-28(10-8-27)21(23-16-20(29)25(2)3)22-5-4-6-26-11-13-30-14-12-26;/h15H,4-14,16-17H2,1-3H3,(H,22,23);1H. The fraction of sp³-hybridized carbons (Fsp3) is 0.762. The summed E-state index contributed by atoms with van der Waals surface area (Å²) in [5.74, 6) is 1.68. The van der Waals surface area contributed by atoms with Gasteiger partial charge in [0.2, 0.25) is 5.91 Å². The number of aromatic nitrogens is 1. The zero-order valence-corrected chi connectivity index (χ0v) is 21.9. The van der Waals surface area contributed by atoms with Gasteiger partial charge in [-0.05, 0) is 19.9 Å². The molecule has 10 nitrogen and oxygen atoms in total. The van der Waals surface area contributed by atoms with E-state index in [-0.39, 0.29) is 36.4 Å². The van der Waals surface area contributed by atoms with E-state index in [4.69, 9.17) is 9.26 Å². The van der Waals surface area contributed by atoms with Gasteiger partial charge < -0.3 is 24.4 Å². The highest BCUT2D eigenvalue weighted by Gasteiger charge is 2.21. The van der Waals surface area contributed by atoms with Crippen molar-refractivity contribution in [2.24, 2.45) is 4.99 Å². The Labute approximate surface area is 208 Å². The number of amides is 1. The summed E-state index contributed by atoms with van der Waals surface area (Å²) < 4.78 is 10.6. The minimum Gasteiger partial charge on any atom is -0.379 e. The summed E-state index contributed by atoms with van der Waals surface area (Å²) in [6, 6.07) is 1.99. The van der Waals surface area contributed by atoms with Crippen LogP contribution in [0, 0.1) is 6.92 Å². The molecule has 0 atom stereocenters. The minimum atomic E-state index is 0. The molecule has 1 aromatic heterocycles. The number of rotatable bonds is 8. The lowest BCUT2D eigenvalue weighted by Crippen LogP contribution is -2.52. The number of hydrogen-bond acceptors (Lipinski definition) is 7. The van der Waals surface area contributed by atoms with Crippen LogP contribution in [-0.2, 0) is 16.1 Å². The number of ether oxygens (including phenoxy) is 1. The molecule has 0 aliphatic carbocycles. The molecule has 0 unspecified atom stereocenters. The van der Waals surface area contributed by atoms with Crippen LogP contribution >= 0.6 is 24.0 Å². The molecule has 3 heterocycles. The van der Waals surface area contributed by atoms with Crippen LogP contribution in [0.1, 0.15) is 17.9 Å². The van der Waals surface area contributed by atoms with Crippen LogP contribution in [0.2, 0.25) is 0 Å². The van der Waals surface area contributed by atoms with E-state index < -0.39 is 0 Å². The van der Waals surface area contributed by atoms with Crippen molar-refractivity contribution < 1.29 is 14.1 Å². The molecule has 3 rings (SSSR count). The highest BCUT2D eigenvalue weighted by molar-refractivity contribution is 14.0. The van der Waals surface area contributed by atoms with Gasteiger partial charge in [-0.1, -0.05) is 5.16 Å². The molecular weight excluding hydrogens is 525 g/mol. The summed E-state index contributed by atoms with van der Waals surface area (Å²) in [6.45, 7) is 12.0. The van der Waals surface area contributed by atoms with E-state index in [2.05, 4.69) is 30.2 Å². The molecule has 2 saturated heterocycles. The number of aliphatic imine (C=N–C) groups is 1. The normalized spacial score (nSPS) is 18.3. The summed E-state index contributed by atoms with van der Waals surface area (Å²) >= 11 is 0. The molecule has 2 aliphatic rings. The predicted molar refractivity (Wildman–Crippen MR) is 134 cm³/mol. The van der Waals surface area contributed by atoms with Gasteiger partial charge >= 0.3 is 0 Å². The van der Waals surface area contributed by atoms with Crippen molar-refractivity contribution in [2.75, 3.05) is 86.2 Å². The fourth-order valence-electron chi connectivity index (χ4n) is 3.72. The largest absolute Gasteiger partial charge is 0.379 e. The van der Waals surface area contributed by atoms with Crippen molar-refractivity contribution in [3.8, 4) is 0 Å². The quantitative estimate of drug-likeness (QED) is 0.212. The Kier molecular flexibility index (Phi) is 11.7. The molecule has 0 radical (unpaired) electrons. The van der Waals surface area contributed by atoms with Crippen molar-refractivity contribution in [1.82, 2.24) is 30.1 Å². The molecule has 0 spiro atoms. The first kappa shape index (κ1) is 26.8. The van der Waals surface area contributed by atoms with Gasteiger partial charge in [0.1, 0.15) is 12.3 Å². The van der Waals surface area contributed by atoms with Crippen molar-refractivity contribution in [3.63, 3.8) is 0 Å². The van der Waals surface area contributed by atoms with Crippen LogP contribution in [0.25, 0.3) is 0 Å². The second kappa shape index (κ2) is 14.0. The maximum absolute atomic E-state index is 12.1. The summed E-state index contributed by atoms with van der Waals surface area (Å²) in [4.78, 5) is 25.3. The molecule has 2 fully saturated rings. The smallest absolute Gasteiger partial charge is 0.243 e. The van der Waals surface area contributed by atoms with E-state index in [1.165, 1.54) is 0 Å². The van der Waals surface area contributed by atoms with E-state index in [0.29, 0.717) is 0 Å². The van der Waals surface area contributed by atoms with E-state index in [0.717, 1.165) is 96.0 Å². The van der Waals surface area contributed by atoms with Crippen LogP contribution in [0.4, 0.5) is 0 Å². The number of guanidine groups is 1. The first-order valence-corrected chi connectivity index (χ1v) is 11.2. The Bertz CT molecular complexity index is 714. The van der Waals surface area contributed by atoms with Gasteiger partial charge in [0.15, 0.2) is 5.96 Å². The molecule has 0 saturated carbocycles. The molecule has 0 bridgehead atoms. The van der Waals surface area contributed by atoms with Crippen LogP contribution < -0.4 is 5.32 Å². The molecule has 32 heavy (non-hydrogen) atoms. The van der Waals surface area contributed by atoms with Crippen molar-refractivity contribution in [2.45, 2.75) is 19.9 Å². The number of morpholine rings is 1. The third kappa shape index (κ3) is 8.83. The van der Waals surface area contributed by atoms with Crippen LogP contribution in [0.5, 0.6) is 0 Å². The number of carbonyl (C=O) groups excluding carboxylic acids is 1.